The second-order valence-corrected chi connectivity index (χ2v) is 6.45. The molecule has 0 fully saturated rings. The number of carbonyl (C=O) groups is 1. The second kappa shape index (κ2) is 5.85. The first kappa shape index (κ1) is 15.5. The molecule has 112 valence electrons. The molecule has 1 aromatic carbocycles. The van der Waals surface area contributed by atoms with Crippen molar-refractivity contribution in [3.05, 3.63) is 38.9 Å². The molecule has 0 saturated heterocycles. The molecule has 1 aromatic heterocycles. The Balaban J connectivity index is 2.16. The molecule has 0 bridgehead atoms. The van der Waals surface area contributed by atoms with Gasteiger partial charge in [-0.1, -0.05) is 15.9 Å². The van der Waals surface area contributed by atoms with Crippen LogP contribution in [0.5, 0.6) is 0 Å². The molecule has 0 spiro atoms. The lowest BCUT2D eigenvalue weighted by Crippen LogP contribution is -2.33. The standard InChI is InChI=1S/C14H16BrN3O3/c1-14(2,3)21-13(20)16-7-11-17-10-6-8(15)4-5-9(10)12(19)18-11/h4-6H,7H2,1-3H3,(H,16,20)(H,17,18,19). The van der Waals surface area contributed by atoms with Gasteiger partial charge in [-0.2, -0.15) is 0 Å². The molecule has 0 radical (unpaired) electrons. The zero-order valence-electron chi connectivity index (χ0n) is 12.0. The van der Waals surface area contributed by atoms with E-state index in [1.807, 2.05) is 0 Å². The topological polar surface area (TPSA) is 84.1 Å². The van der Waals surface area contributed by atoms with Gasteiger partial charge in [0.1, 0.15) is 11.4 Å². The molecule has 2 N–H and O–H groups in total. The number of amides is 1. The van der Waals surface area contributed by atoms with Crippen molar-refractivity contribution >= 4 is 32.9 Å². The molecule has 1 heterocycles. The highest BCUT2D eigenvalue weighted by Gasteiger charge is 2.16. The Morgan fingerprint density at radius 1 is 1.43 bits per heavy atom. The van der Waals surface area contributed by atoms with E-state index in [1.165, 1.54) is 0 Å². The number of carbonyl (C=O) groups excluding carboxylic acids is 1. The zero-order chi connectivity index (χ0) is 15.6. The molecule has 0 aliphatic carbocycles. The van der Waals surface area contributed by atoms with Crippen molar-refractivity contribution in [3.8, 4) is 0 Å². The number of hydrogen-bond acceptors (Lipinski definition) is 4. The number of ether oxygens (including phenoxy) is 1. The van der Waals surface area contributed by atoms with Gasteiger partial charge < -0.3 is 15.0 Å². The normalized spacial score (nSPS) is 11.4. The molecular formula is C14H16BrN3O3. The second-order valence-electron chi connectivity index (χ2n) is 5.53. The third-order valence-corrected chi connectivity index (χ3v) is 3.01. The molecule has 0 saturated carbocycles. The van der Waals surface area contributed by atoms with Crippen LogP contribution in [0.2, 0.25) is 0 Å². The van der Waals surface area contributed by atoms with Crippen molar-refractivity contribution < 1.29 is 9.53 Å². The first-order valence-electron chi connectivity index (χ1n) is 6.40. The number of aromatic nitrogens is 2. The molecular weight excluding hydrogens is 338 g/mol. The number of nitrogens with one attached hydrogen (secondary N) is 2. The van der Waals surface area contributed by atoms with Crippen LogP contribution in [0.4, 0.5) is 4.79 Å². The molecule has 1 amide bonds. The van der Waals surface area contributed by atoms with Crippen LogP contribution < -0.4 is 10.9 Å². The van der Waals surface area contributed by atoms with Crippen molar-refractivity contribution in [1.29, 1.82) is 0 Å². The Morgan fingerprint density at radius 2 is 2.14 bits per heavy atom. The summed E-state index contributed by atoms with van der Waals surface area (Å²) in [5, 5.41) is 3.06. The van der Waals surface area contributed by atoms with E-state index in [9.17, 15) is 9.59 Å². The van der Waals surface area contributed by atoms with Gasteiger partial charge in [-0.15, -0.1) is 0 Å². The smallest absolute Gasteiger partial charge is 0.408 e. The number of H-pyrrole nitrogens is 1. The molecule has 0 unspecified atom stereocenters. The molecule has 2 aromatic rings. The van der Waals surface area contributed by atoms with Crippen LogP contribution in [0.15, 0.2) is 27.5 Å². The maximum Gasteiger partial charge on any atom is 0.408 e. The Labute approximate surface area is 130 Å². The fraction of sp³-hybridized carbons (Fsp3) is 0.357. The van der Waals surface area contributed by atoms with E-state index in [0.29, 0.717) is 16.7 Å². The molecule has 2 rings (SSSR count). The van der Waals surface area contributed by atoms with Crippen LogP contribution in [0, 0.1) is 0 Å². The van der Waals surface area contributed by atoms with Crippen molar-refractivity contribution in [2.75, 3.05) is 0 Å². The average Bonchev–Trinajstić information content (AvgIpc) is 2.33. The van der Waals surface area contributed by atoms with Gasteiger partial charge in [0.05, 0.1) is 17.4 Å². The lowest BCUT2D eigenvalue weighted by molar-refractivity contribution is 0.0522. The number of hydrogen-bond donors (Lipinski definition) is 2. The highest BCUT2D eigenvalue weighted by molar-refractivity contribution is 9.10. The first-order chi connectivity index (χ1) is 9.74. The Hall–Kier alpha value is -1.89. The fourth-order valence-electron chi connectivity index (χ4n) is 1.71. The van der Waals surface area contributed by atoms with Crippen LogP contribution in [0.3, 0.4) is 0 Å². The van der Waals surface area contributed by atoms with Crippen LogP contribution in [-0.2, 0) is 11.3 Å². The minimum Gasteiger partial charge on any atom is -0.444 e. The number of nitrogens with zero attached hydrogens (tertiary/aromatic N) is 1. The van der Waals surface area contributed by atoms with Gasteiger partial charge in [-0.05, 0) is 39.0 Å². The van der Waals surface area contributed by atoms with Gasteiger partial charge in [0.2, 0.25) is 0 Å². The summed E-state index contributed by atoms with van der Waals surface area (Å²) in [6.45, 7) is 5.42. The molecule has 0 aliphatic heterocycles. The largest absolute Gasteiger partial charge is 0.444 e. The summed E-state index contributed by atoms with van der Waals surface area (Å²) in [4.78, 5) is 30.4. The van der Waals surface area contributed by atoms with E-state index in [-0.39, 0.29) is 12.1 Å². The van der Waals surface area contributed by atoms with Crippen LogP contribution in [0.1, 0.15) is 26.6 Å². The molecule has 0 aliphatic rings. The summed E-state index contributed by atoms with van der Waals surface area (Å²) in [5.41, 5.74) is -0.248. The Bertz CT molecular complexity index is 734. The minimum atomic E-state index is -0.570. The van der Waals surface area contributed by atoms with Crippen LogP contribution in [-0.4, -0.2) is 21.7 Å². The van der Waals surface area contributed by atoms with E-state index in [2.05, 4.69) is 31.2 Å². The molecule has 21 heavy (non-hydrogen) atoms. The maximum atomic E-state index is 11.9. The monoisotopic (exact) mass is 353 g/mol. The highest BCUT2D eigenvalue weighted by Crippen LogP contribution is 2.15. The van der Waals surface area contributed by atoms with Gasteiger partial charge in [0, 0.05) is 4.47 Å². The number of fused-ring (bicyclic) bond motifs is 1. The van der Waals surface area contributed by atoms with E-state index in [0.717, 1.165) is 4.47 Å². The van der Waals surface area contributed by atoms with Gasteiger partial charge in [-0.3, -0.25) is 4.79 Å². The number of alkyl carbamates (subject to hydrolysis) is 1. The average molecular weight is 354 g/mol. The number of aromatic amines is 1. The quantitative estimate of drug-likeness (QED) is 0.869. The Kier molecular flexibility index (Phi) is 4.32. The SMILES string of the molecule is CC(C)(C)OC(=O)NCc1nc2cc(Br)ccc2c(=O)[nH]1. The van der Waals surface area contributed by atoms with E-state index >= 15 is 0 Å². The van der Waals surface area contributed by atoms with E-state index in [1.54, 1.807) is 39.0 Å². The van der Waals surface area contributed by atoms with Gasteiger partial charge in [0.25, 0.3) is 5.56 Å². The summed E-state index contributed by atoms with van der Waals surface area (Å²) < 4.78 is 5.95. The lowest BCUT2D eigenvalue weighted by Gasteiger charge is -2.19. The van der Waals surface area contributed by atoms with Crippen LogP contribution >= 0.6 is 15.9 Å². The van der Waals surface area contributed by atoms with E-state index < -0.39 is 11.7 Å². The molecule has 0 atom stereocenters. The summed E-state index contributed by atoms with van der Waals surface area (Å²) in [5.74, 6) is 0.372. The van der Waals surface area contributed by atoms with Crippen molar-refractivity contribution in [1.82, 2.24) is 15.3 Å². The number of rotatable bonds is 2. The van der Waals surface area contributed by atoms with Crippen LogP contribution in [0.25, 0.3) is 10.9 Å². The third kappa shape index (κ3) is 4.29. The van der Waals surface area contributed by atoms with Crippen molar-refractivity contribution in [2.24, 2.45) is 0 Å². The summed E-state index contributed by atoms with van der Waals surface area (Å²) in [6.07, 6.45) is -0.556. The minimum absolute atomic E-state index is 0.0899. The summed E-state index contributed by atoms with van der Waals surface area (Å²) in [6, 6.07) is 5.22. The molecule has 7 heteroatoms. The lowest BCUT2D eigenvalue weighted by atomic mass is 10.2. The van der Waals surface area contributed by atoms with Gasteiger partial charge >= 0.3 is 6.09 Å². The fourth-order valence-corrected chi connectivity index (χ4v) is 2.06. The third-order valence-electron chi connectivity index (χ3n) is 2.52. The predicted molar refractivity (Wildman–Crippen MR) is 83.1 cm³/mol. The maximum absolute atomic E-state index is 11.9. The molecule has 6 nitrogen and oxygen atoms in total. The zero-order valence-corrected chi connectivity index (χ0v) is 13.6. The number of halogens is 1. The van der Waals surface area contributed by atoms with E-state index in [4.69, 9.17) is 4.74 Å². The van der Waals surface area contributed by atoms with Gasteiger partial charge in [-0.25, -0.2) is 9.78 Å². The number of benzene rings is 1. The van der Waals surface area contributed by atoms with Crippen molar-refractivity contribution in [2.45, 2.75) is 32.9 Å². The summed E-state index contributed by atoms with van der Waals surface area (Å²) in [7, 11) is 0. The summed E-state index contributed by atoms with van der Waals surface area (Å²) >= 11 is 3.33. The van der Waals surface area contributed by atoms with Gasteiger partial charge in [0.15, 0.2) is 0 Å². The predicted octanol–water partition coefficient (Wildman–Crippen LogP) is 2.71. The Morgan fingerprint density at radius 3 is 2.81 bits per heavy atom. The highest BCUT2D eigenvalue weighted by atomic mass is 79.9. The first-order valence-corrected chi connectivity index (χ1v) is 7.19. The van der Waals surface area contributed by atoms with Crippen molar-refractivity contribution in [3.63, 3.8) is 0 Å².